The fourth-order valence-corrected chi connectivity index (χ4v) is 6.93. The van der Waals surface area contributed by atoms with Gasteiger partial charge in [0.2, 0.25) is 0 Å². The first-order chi connectivity index (χ1) is 19.9. The highest BCUT2D eigenvalue weighted by molar-refractivity contribution is 6.09. The maximum atomic E-state index is 6.73. The van der Waals surface area contributed by atoms with Crippen LogP contribution in [0, 0.1) is 0 Å². The van der Waals surface area contributed by atoms with Gasteiger partial charge in [0.25, 0.3) is 0 Å². The lowest BCUT2D eigenvalue weighted by atomic mass is 9.77. The molecule has 204 valence electrons. The van der Waals surface area contributed by atoms with Crippen molar-refractivity contribution in [1.82, 2.24) is 4.57 Å². The zero-order valence-corrected chi connectivity index (χ0v) is 24.3. The molecule has 1 aliphatic carbocycles. The standard InChI is InChI=1S/C38H37N3/c1-5-38(4)33-12-8-6-10-29(33)30-20-16-27(23-34(30)38)37(39)40-28-18-14-25(15-19-28)26-17-21-36-32(22-26)31-11-7-9-13-35(31)41(36)24(2)3/h6-24,37,40H,5,39H2,1-4H3/t37-,38?/m1/s1. The number of benzene rings is 5. The molecule has 0 radical (unpaired) electrons. The minimum absolute atomic E-state index is 0.00583. The Morgan fingerprint density at radius 2 is 1.39 bits per heavy atom. The summed E-state index contributed by atoms with van der Waals surface area (Å²) in [5.41, 5.74) is 19.3. The molecule has 0 amide bonds. The van der Waals surface area contributed by atoms with Gasteiger partial charge in [0.1, 0.15) is 6.17 Å². The lowest BCUT2D eigenvalue weighted by Crippen LogP contribution is -2.22. The Hall–Kier alpha value is -4.34. The smallest absolute Gasteiger partial charge is 0.101 e. The maximum Gasteiger partial charge on any atom is 0.101 e. The third-order valence-corrected chi connectivity index (χ3v) is 9.28. The number of hydrogen-bond donors (Lipinski definition) is 2. The van der Waals surface area contributed by atoms with Gasteiger partial charge in [-0.3, -0.25) is 0 Å². The molecule has 41 heavy (non-hydrogen) atoms. The molecule has 1 aliphatic rings. The summed E-state index contributed by atoms with van der Waals surface area (Å²) < 4.78 is 2.43. The van der Waals surface area contributed by atoms with Crippen LogP contribution in [0.2, 0.25) is 0 Å². The third kappa shape index (κ3) is 3.99. The van der Waals surface area contributed by atoms with E-state index in [0.29, 0.717) is 6.04 Å². The molecule has 0 fully saturated rings. The number of fused-ring (bicyclic) bond motifs is 6. The van der Waals surface area contributed by atoms with Gasteiger partial charge in [-0.15, -0.1) is 0 Å². The quantitative estimate of drug-likeness (QED) is 0.208. The van der Waals surface area contributed by atoms with Crippen molar-refractivity contribution in [2.45, 2.75) is 51.7 Å². The molecule has 7 rings (SSSR count). The van der Waals surface area contributed by atoms with E-state index in [4.69, 9.17) is 5.73 Å². The van der Waals surface area contributed by atoms with Crippen LogP contribution in [0.25, 0.3) is 44.1 Å². The molecule has 3 heteroatoms. The van der Waals surface area contributed by atoms with Gasteiger partial charge in [-0.1, -0.05) is 92.7 Å². The monoisotopic (exact) mass is 535 g/mol. The highest BCUT2D eigenvalue weighted by Gasteiger charge is 2.37. The number of rotatable bonds is 6. The number of aromatic nitrogens is 1. The Morgan fingerprint density at radius 3 is 2.17 bits per heavy atom. The minimum Gasteiger partial charge on any atom is -0.366 e. The molecule has 1 heterocycles. The summed E-state index contributed by atoms with van der Waals surface area (Å²) in [6.45, 7) is 9.14. The van der Waals surface area contributed by atoms with Crippen LogP contribution < -0.4 is 11.1 Å². The second-order valence-corrected chi connectivity index (χ2v) is 11.9. The van der Waals surface area contributed by atoms with Crippen LogP contribution >= 0.6 is 0 Å². The van der Waals surface area contributed by atoms with Gasteiger partial charge in [0, 0.05) is 39.0 Å². The molecule has 6 aromatic rings. The number of nitrogens with one attached hydrogen (secondary N) is 1. The molecule has 3 nitrogen and oxygen atoms in total. The summed E-state index contributed by atoms with van der Waals surface area (Å²) in [5, 5.41) is 6.14. The van der Waals surface area contributed by atoms with E-state index in [9.17, 15) is 0 Å². The first kappa shape index (κ1) is 25.6. The second-order valence-electron chi connectivity index (χ2n) is 11.9. The summed E-state index contributed by atoms with van der Waals surface area (Å²) in [7, 11) is 0. The van der Waals surface area contributed by atoms with Crippen molar-refractivity contribution in [1.29, 1.82) is 0 Å². The molecule has 1 unspecified atom stereocenters. The highest BCUT2D eigenvalue weighted by atomic mass is 15.0. The summed E-state index contributed by atoms with van der Waals surface area (Å²) in [4.78, 5) is 0. The Kier molecular flexibility index (Phi) is 6.02. The van der Waals surface area contributed by atoms with E-state index in [1.807, 2.05) is 0 Å². The molecule has 0 bridgehead atoms. The van der Waals surface area contributed by atoms with Gasteiger partial charge in [-0.25, -0.2) is 0 Å². The van der Waals surface area contributed by atoms with Crippen molar-refractivity contribution in [3.63, 3.8) is 0 Å². The summed E-state index contributed by atoms with van der Waals surface area (Å²) in [6.07, 6.45) is 0.753. The van der Waals surface area contributed by atoms with E-state index in [0.717, 1.165) is 17.7 Å². The molecule has 0 saturated carbocycles. The van der Waals surface area contributed by atoms with Gasteiger partial charge in [0.15, 0.2) is 0 Å². The van der Waals surface area contributed by atoms with Gasteiger partial charge in [0.05, 0.1) is 0 Å². The van der Waals surface area contributed by atoms with E-state index >= 15 is 0 Å². The van der Waals surface area contributed by atoms with Crippen molar-refractivity contribution < 1.29 is 0 Å². The summed E-state index contributed by atoms with van der Waals surface area (Å²) >= 11 is 0. The predicted molar refractivity (Wildman–Crippen MR) is 174 cm³/mol. The number of para-hydroxylation sites is 1. The van der Waals surface area contributed by atoms with E-state index in [1.165, 1.54) is 55.2 Å². The lowest BCUT2D eigenvalue weighted by Gasteiger charge is -2.26. The third-order valence-electron chi connectivity index (χ3n) is 9.28. The van der Waals surface area contributed by atoms with Crippen LogP contribution in [-0.4, -0.2) is 4.57 Å². The fraction of sp³-hybridized carbons (Fsp3) is 0.211. The fourth-order valence-electron chi connectivity index (χ4n) is 6.93. The largest absolute Gasteiger partial charge is 0.366 e. The van der Waals surface area contributed by atoms with Crippen LogP contribution in [0.4, 0.5) is 5.69 Å². The number of hydrogen-bond acceptors (Lipinski definition) is 2. The normalized spacial score (nSPS) is 16.7. The average molecular weight is 536 g/mol. The van der Waals surface area contributed by atoms with Gasteiger partial charge in [-0.2, -0.15) is 0 Å². The van der Waals surface area contributed by atoms with Crippen LogP contribution in [0.1, 0.15) is 63.0 Å². The van der Waals surface area contributed by atoms with Gasteiger partial charge in [-0.05, 0) is 89.5 Å². The minimum atomic E-state index is -0.297. The van der Waals surface area contributed by atoms with Crippen LogP contribution in [-0.2, 0) is 5.41 Å². The van der Waals surface area contributed by atoms with E-state index in [2.05, 4.69) is 147 Å². The van der Waals surface area contributed by atoms with Crippen molar-refractivity contribution in [3.05, 3.63) is 126 Å². The summed E-state index contributed by atoms with van der Waals surface area (Å²) in [6, 6.07) is 40.1. The zero-order valence-electron chi connectivity index (χ0n) is 24.3. The molecule has 1 aromatic heterocycles. The summed E-state index contributed by atoms with van der Waals surface area (Å²) in [5.74, 6) is 0. The van der Waals surface area contributed by atoms with Crippen molar-refractivity contribution >= 4 is 27.5 Å². The van der Waals surface area contributed by atoms with E-state index < -0.39 is 0 Å². The van der Waals surface area contributed by atoms with Gasteiger partial charge >= 0.3 is 0 Å². The van der Waals surface area contributed by atoms with Crippen molar-refractivity contribution in [3.8, 4) is 22.3 Å². The lowest BCUT2D eigenvalue weighted by molar-refractivity contribution is 0.563. The highest BCUT2D eigenvalue weighted by Crippen LogP contribution is 2.51. The molecule has 3 N–H and O–H groups in total. The molecule has 0 spiro atoms. The SMILES string of the molecule is CCC1(C)c2ccccc2-c2ccc([C@H](N)Nc3ccc(-c4ccc5c(c4)c4ccccc4n5C(C)C)cc3)cc21. The Balaban J connectivity index is 1.16. The first-order valence-electron chi connectivity index (χ1n) is 14.8. The molecule has 2 atom stereocenters. The molecule has 5 aromatic carbocycles. The number of anilines is 1. The predicted octanol–water partition coefficient (Wildman–Crippen LogP) is 9.81. The Bertz CT molecular complexity index is 1910. The number of nitrogens with zero attached hydrogens (tertiary/aromatic N) is 1. The van der Waals surface area contributed by atoms with E-state index in [1.54, 1.807) is 0 Å². The van der Waals surface area contributed by atoms with Crippen LogP contribution in [0.5, 0.6) is 0 Å². The topological polar surface area (TPSA) is 43.0 Å². The molecular weight excluding hydrogens is 498 g/mol. The first-order valence-corrected chi connectivity index (χ1v) is 14.8. The Labute approximate surface area is 242 Å². The van der Waals surface area contributed by atoms with Crippen molar-refractivity contribution in [2.24, 2.45) is 5.73 Å². The average Bonchev–Trinajstić information content (AvgIpc) is 3.47. The zero-order chi connectivity index (χ0) is 28.3. The van der Waals surface area contributed by atoms with Crippen LogP contribution in [0.15, 0.2) is 109 Å². The number of nitrogens with two attached hydrogens (primary N) is 1. The van der Waals surface area contributed by atoms with Crippen molar-refractivity contribution in [2.75, 3.05) is 5.32 Å². The van der Waals surface area contributed by atoms with Crippen LogP contribution in [0.3, 0.4) is 0 Å². The maximum absolute atomic E-state index is 6.73. The second kappa shape index (κ2) is 9.64. The van der Waals surface area contributed by atoms with E-state index in [-0.39, 0.29) is 11.6 Å². The molecule has 0 aliphatic heterocycles. The Morgan fingerprint density at radius 1 is 0.707 bits per heavy atom. The molecular formula is C38H37N3. The van der Waals surface area contributed by atoms with Gasteiger partial charge < -0.3 is 15.6 Å². The molecule has 0 saturated heterocycles.